The van der Waals surface area contributed by atoms with Crippen LogP contribution in [0.5, 0.6) is 0 Å². The van der Waals surface area contributed by atoms with Crippen molar-refractivity contribution in [2.45, 2.75) is 26.9 Å². The second-order valence-electron chi connectivity index (χ2n) is 5.34. The van der Waals surface area contributed by atoms with Gasteiger partial charge in [0.05, 0.1) is 12.3 Å². The van der Waals surface area contributed by atoms with E-state index in [2.05, 4.69) is 35.4 Å². The number of hydrogen-bond donors (Lipinski definition) is 1. The second-order valence-corrected chi connectivity index (χ2v) is 5.34. The number of aliphatic hydroxyl groups excluding tert-OH is 1. The van der Waals surface area contributed by atoms with Crippen molar-refractivity contribution in [1.82, 2.24) is 15.0 Å². The van der Waals surface area contributed by atoms with Crippen LogP contribution in [0.2, 0.25) is 0 Å². The van der Waals surface area contributed by atoms with Gasteiger partial charge in [-0.1, -0.05) is 48.0 Å². The fourth-order valence-electron chi connectivity index (χ4n) is 2.55. The zero-order chi connectivity index (χ0) is 15.5. The highest BCUT2D eigenvalue weighted by Gasteiger charge is 2.15. The van der Waals surface area contributed by atoms with Crippen LogP contribution in [0.3, 0.4) is 0 Å². The van der Waals surface area contributed by atoms with E-state index in [0.29, 0.717) is 5.69 Å². The highest BCUT2D eigenvalue weighted by molar-refractivity contribution is 5.65. The van der Waals surface area contributed by atoms with Gasteiger partial charge in [-0.2, -0.15) is 0 Å². The Hall–Kier alpha value is -2.46. The van der Waals surface area contributed by atoms with E-state index in [-0.39, 0.29) is 6.61 Å². The fourth-order valence-corrected chi connectivity index (χ4v) is 2.55. The number of hydrogen-bond acceptors (Lipinski definition) is 3. The van der Waals surface area contributed by atoms with Crippen molar-refractivity contribution >= 4 is 0 Å². The minimum Gasteiger partial charge on any atom is -0.390 e. The third kappa shape index (κ3) is 2.65. The Morgan fingerprint density at radius 2 is 1.86 bits per heavy atom. The lowest BCUT2D eigenvalue weighted by Crippen LogP contribution is -2.00. The second kappa shape index (κ2) is 6.12. The van der Waals surface area contributed by atoms with E-state index >= 15 is 0 Å². The number of benzene rings is 2. The molecule has 1 N–H and O–H groups in total. The summed E-state index contributed by atoms with van der Waals surface area (Å²) in [6.07, 6.45) is 1.00. The van der Waals surface area contributed by atoms with E-state index < -0.39 is 0 Å². The summed E-state index contributed by atoms with van der Waals surface area (Å²) in [7, 11) is 0. The maximum atomic E-state index is 9.58. The number of aryl methyl sites for hydroxylation is 2. The zero-order valence-electron chi connectivity index (χ0n) is 12.8. The molecule has 0 radical (unpaired) electrons. The van der Waals surface area contributed by atoms with Crippen molar-refractivity contribution in [3.8, 4) is 16.9 Å². The van der Waals surface area contributed by atoms with Crippen molar-refractivity contribution < 1.29 is 5.11 Å². The lowest BCUT2D eigenvalue weighted by atomic mass is 10.1. The van der Waals surface area contributed by atoms with Gasteiger partial charge in [0.2, 0.25) is 0 Å². The normalized spacial score (nSPS) is 10.9. The van der Waals surface area contributed by atoms with Gasteiger partial charge in [0.1, 0.15) is 11.4 Å². The van der Waals surface area contributed by atoms with Crippen LogP contribution in [-0.4, -0.2) is 20.1 Å². The molecule has 0 atom stereocenters. The Morgan fingerprint density at radius 3 is 2.50 bits per heavy atom. The summed E-state index contributed by atoms with van der Waals surface area (Å²) in [5, 5.41) is 17.9. The van der Waals surface area contributed by atoms with Crippen LogP contribution in [0, 0.1) is 6.92 Å². The number of nitrogens with zero attached hydrogens (tertiary/aromatic N) is 3. The van der Waals surface area contributed by atoms with Gasteiger partial charge in [-0.15, -0.1) is 5.10 Å². The molecule has 0 saturated carbocycles. The molecule has 2 aromatic carbocycles. The van der Waals surface area contributed by atoms with Gasteiger partial charge in [0.25, 0.3) is 0 Å². The van der Waals surface area contributed by atoms with Crippen LogP contribution in [0.25, 0.3) is 16.9 Å². The Kier molecular flexibility index (Phi) is 4.02. The molecule has 0 aliphatic heterocycles. The maximum absolute atomic E-state index is 9.58. The summed E-state index contributed by atoms with van der Waals surface area (Å²) in [4.78, 5) is 0. The predicted molar refractivity (Wildman–Crippen MR) is 86.8 cm³/mol. The summed E-state index contributed by atoms with van der Waals surface area (Å²) >= 11 is 0. The lowest BCUT2D eigenvalue weighted by molar-refractivity contribution is 0.277. The largest absolute Gasteiger partial charge is 0.390 e. The van der Waals surface area contributed by atoms with Crippen LogP contribution in [0.4, 0.5) is 0 Å². The Labute approximate surface area is 130 Å². The van der Waals surface area contributed by atoms with E-state index in [1.807, 2.05) is 37.3 Å². The number of aromatic nitrogens is 3. The van der Waals surface area contributed by atoms with Crippen LogP contribution >= 0.6 is 0 Å². The first kappa shape index (κ1) is 14.5. The Morgan fingerprint density at radius 1 is 1.09 bits per heavy atom. The van der Waals surface area contributed by atoms with Crippen LogP contribution in [-0.2, 0) is 13.0 Å². The minimum absolute atomic E-state index is 0.129. The first-order chi connectivity index (χ1) is 10.7. The SMILES string of the molecule is CCc1ccc(-n2nnc(CO)c2-c2cccc(C)c2)cc1. The molecule has 0 amide bonds. The minimum atomic E-state index is -0.129. The quantitative estimate of drug-likeness (QED) is 0.803. The van der Waals surface area contributed by atoms with E-state index in [1.54, 1.807) is 4.68 Å². The molecule has 22 heavy (non-hydrogen) atoms. The molecule has 0 aliphatic rings. The predicted octanol–water partition coefficient (Wildman–Crippen LogP) is 3.30. The van der Waals surface area contributed by atoms with Crippen LogP contribution < -0.4 is 0 Å². The van der Waals surface area contributed by atoms with Crippen molar-refractivity contribution in [1.29, 1.82) is 0 Å². The van der Waals surface area contributed by atoms with Crippen LogP contribution in [0.1, 0.15) is 23.7 Å². The molecule has 3 aromatic rings. The summed E-state index contributed by atoms with van der Waals surface area (Å²) in [6, 6.07) is 16.4. The first-order valence-electron chi connectivity index (χ1n) is 7.44. The van der Waals surface area contributed by atoms with Crippen LogP contribution in [0.15, 0.2) is 48.5 Å². The van der Waals surface area contributed by atoms with E-state index in [1.165, 1.54) is 5.56 Å². The topological polar surface area (TPSA) is 50.9 Å². The first-order valence-corrected chi connectivity index (χ1v) is 7.44. The molecule has 0 aliphatic carbocycles. The fraction of sp³-hybridized carbons (Fsp3) is 0.222. The molecule has 0 spiro atoms. The molecular weight excluding hydrogens is 274 g/mol. The summed E-state index contributed by atoms with van der Waals surface area (Å²) < 4.78 is 1.79. The van der Waals surface area contributed by atoms with Crippen molar-refractivity contribution in [2.75, 3.05) is 0 Å². The summed E-state index contributed by atoms with van der Waals surface area (Å²) in [6.45, 7) is 4.05. The van der Waals surface area contributed by atoms with Gasteiger partial charge < -0.3 is 5.11 Å². The molecule has 1 heterocycles. The molecule has 4 heteroatoms. The molecule has 1 aromatic heterocycles. The summed E-state index contributed by atoms with van der Waals surface area (Å²) in [5.74, 6) is 0. The van der Waals surface area contributed by atoms with Gasteiger partial charge in [0, 0.05) is 5.56 Å². The smallest absolute Gasteiger partial charge is 0.117 e. The average molecular weight is 293 g/mol. The van der Waals surface area contributed by atoms with Gasteiger partial charge in [0.15, 0.2) is 0 Å². The van der Waals surface area contributed by atoms with E-state index in [0.717, 1.165) is 28.9 Å². The molecule has 112 valence electrons. The van der Waals surface area contributed by atoms with Gasteiger partial charge in [-0.25, -0.2) is 4.68 Å². The van der Waals surface area contributed by atoms with Gasteiger partial charge in [-0.05, 0) is 37.1 Å². The number of aliphatic hydroxyl groups is 1. The van der Waals surface area contributed by atoms with E-state index in [9.17, 15) is 5.11 Å². The van der Waals surface area contributed by atoms with Gasteiger partial charge >= 0.3 is 0 Å². The van der Waals surface area contributed by atoms with Crippen molar-refractivity contribution in [3.63, 3.8) is 0 Å². The molecule has 4 nitrogen and oxygen atoms in total. The monoisotopic (exact) mass is 293 g/mol. The van der Waals surface area contributed by atoms with Crippen molar-refractivity contribution in [2.24, 2.45) is 0 Å². The maximum Gasteiger partial charge on any atom is 0.117 e. The molecule has 0 unspecified atom stereocenters. The summed E-state index contributed by atoms with van der Waals surface area (Å²) in [5.41, 5.74) is 5.83. The standard InChI is InChI=1S/C18H19N3O/c1-3-14-7-9-16(10-8-14)21-18(17(12-22)19-20-21)15-6-4-5-13(2)11-15/h4-11,22H,3,12H2,1-2H3. The Bertz CT molecular complexity index is 775. The molecule has 0 fully saturated rings. The lowest BCUT2D eigenvalue weighted by Gasteiger charge is -2.09. The number of rotatable bonds is 4. The third-order valence-electron chi connectivity index (χ3n) is 3.77. The Balaban J connectivity index is 2.14. The zero-order valence-corrected chi connectivity index (χ0v) is 12.8. The third-order valence-corrected chi connectivity index (χ3v) is 3.77. The molecule has 0 saturated heterocycles. The van der Waals surface area contributed by atoms with Crippen molar-refractivity contribution in [3.05, 3.63) is 65.4 Å². The highest BCUT2D eigenvalue weighted by Crippen LogP contribution is 2.26. The molecule has 0 bridgehead atoms. The van der Waals surface area contributed by atoms with E-state index in [4.69, 9.17) is 0 Å². The molecule has 3 rings (SSSR count). The molecular formula is C18H19N3O. The highest BCUT2D eigenvalue weighted by atomic mass is 16.3. The average Bonchev–Trinajstić information content (AvgIpc) is 2.99. The van der Waals surface area contributed by atoms with Gasteiger partial charge in [-0.3, -0.25) is 0 Å².